The fourth-order valence-electron chi connectivity index (χ4n) is 7.95. The number of phenolic OH excluding ortho intramolecular Hbond substituents is 1. The van der Waals surface area contributed by atoms with Gasteiger partial charge in [0, 0.05) is 43.6 Å². The van der Waals surface area contributed by atoms with E-state index in [-0.39, 0.29) is 30.0 Å². The first-order valence-corrected chi connectivity index (χ1v) is 14.0. The maximum absolute atomic E-state index is 13.7. The molecule has 7 rings (SSSR count). The summed E-state index contributed by atoms with van der Waals surface area (Å²) in [6.07, 6.45) is 8.61. The SMILES string of the molecule is N#Cc1cnc(NCc2ccccc2O)nc1NCC12CC3C[C@H](C1)[C@@H](NC1CCC(F)(F)CC1)[C@@H](C3)C2. The third-order valence-electron chi connectivity index (χ3n) is 9.51. The van der Waals surface area contributed by atoms with E-state index >= 15 is 0 Å². The van der Waals surface area contributed by atoms with Gasteiger partial charge in [-0.05, 0) is 74.2 Å². The van der Waals surface area contributed by atoms with Crippen molar-refractivity contribution in [2.45, 2.75) is 82.3 Å². The van der Waals surface area contributed by atoms with Gasteiger partial charge in [0.05, 0.1) is 6.20 Å². The number of alkyl halides is 2. The zero-order valence-electron chi connectivity index (χ0n) is 21.6. The van der Waals surface area contributed by atoms with Gasteiger partial charge < -0.3 is 21.1 Å². The summed E-state index contributed by atoms with van der Waals surface area (Å²) in [7, 11) is 0. The van der Waals surface area contributed by atoms with Gasteiger partial charge in [0.2, 0.25) is 11.9 Å². The van der Waals surface area contributed by atoms with Crippen LogP contribution >= 0.6 is 0 Å². The molecule has 9 heteroatoms. The molecule has 5 atom stereocenters. The van der Waals surface area contributed by atoms with Crippen molar-refractivity contribution in [1.29, 1.82) is 5.26 Å². The predicted molar refractivity (Wildman–Crippen MR) is 141 cm³/mol. The minimum absolute atomic E-state index is 0.00666. The number of phenols is 1. The number of rotatable bonds is 8. The average Bonchev–Trinajstić information content (AvgIpc) is 2.90. The molecule has 1 heterocycles. The molecule has 0 saturated heterocycles. The zero-order valence-corrected chi connectivity index (χ0v) is 21.6. The van der Waals surface area contributed by atoms with Crippen LogP contribution in [0.25, 0.3) is 0 Å². The maximum Gasteiger partial charge on any atom is 0.248 e. The fraction of sp³-hybridized carbons (Fsp3) is 0.621. The van der Waals surface area contributed by atoms with E-state index in [0.29, 0.717) is 54.6 Å². The lowest BCUT2D eigenvalue weighted by atomic mass is 9.47. The van der Waals surface area contributed by atoms with Gasteiger partial charge in [0.1, 0.15) is 23.2 Å². The van der Waals surface area contributed by atoms with Crippen molar-refractivity contribution in [3.8, 4) is 11.8 Å². The molecule has 38 heavy (non-hydrogen) atoms. The molecule has 202 valence electrons. The van der Waals surface area contributed by atoms with Crippen LogP contribution in [0, 0.1) is 34.5 Å². The summed E-state index contributed by atoms with van der Waals surface area (Å²) in [6, 6.07) is 9.98. The normalized spacial score (nSPS) is 31.6. The molecule has 5 saturated carbocycles. The number of aromatic hydroxyl groups is 1. The molecule has 2 unspecified atom stereocenters. The number of nitrogens with zero attached hydrogens (tertiary/aromatic N) is 3. The highest BCUT2D eigenvalue weighted by atomic mass is 19.3. The van der Waals surface area contributed by atoms with Crippen molar-refractivity contribution in [2.24, 2.45) is 23.2 Å². The summed E-state index contributed by atoms with van der Waals surface area (Å²) in [5.41, 5.74) is 1.33. The van der Waals surface area contributed by atoms with Crippen LogP contribution in [-0.4, -0.2) is 39.6 Å². The van der Waals surface area contributed by atoms with Gasteiger partial charge in [-0.25, -0.2) is 13.8 Å². The van der Waals surface area contributed by atoms with E-state index in [2.05, 4.69) is 32.0 Å². The Morgan fingerprint density at radius 1 is 1.05 bits per heavy atom. The molecule has 4 N–H and O–H groups in total. The van der Waals surface area contributed by atoms with E-state index in [9.17, 15) is 19.1 Å². The summed E-state index contributed by atoms with van der Waals surface area (Å²) in [6.45, 7) is 1.14. The molecular formula is C29H36F2N6O. The van der Waals surface area contributed by atoms with E-state index in [0.717, 1.165) is 30.9 Å². The first kappa shape index (κ1) is 25.3. The van der Waals surface area contributed by atoms with Crippen molar-refractivity contribution in [3.63, 3.8) is 0 Å². The lowest BCUT2D eigenvalue weighted by Gasteiger charge is -2.61. The minimum Gasteiger partial charge on any atom is -0.508 e. The Morgan fingerprint density at radius 3 is 2.50 bits per heavy atom. The summed E-state index contributed by atoms with van der Waals surface area (Å²) < 4.78 is 27.3. The summed E-state index contributed by atoms with van der Waals surface area (Å²) in [5, 5.41) is 30.2. The Balaban J connectivity index is 1.10. The third kappa shape index (κ3) is 5.15. The molecule has 5 aliphatic rings. The van der Waals surface area contributed by atoms with Gasteiger partial charge in [-0.2, -0.15) is 10.2 Å². The fourth-order valence-corrected chi connectivity index (χ4v) is 7.95. The Kier molecular flexibility index (Phi) is 6.63. The summed E-state index contributed by atoms with van der Waals surface area (Å²) in [4.78, 5) is 8.88. The monoisotopic (exact) mass is 522 g/mol. The highest BCUT2D eigenvalue weighted by Crippen LogP contribution is 2.60. The van der Waals surface area contributed by atoms with Crippen LogP contribution in [0.3, 0.4) is 0 Å². The second-order valence-corrected chi connectivity index (χ2v) is 12.2. The highest BCUT2D eigenvalue weighted by Gasteiger charge is 2.55. The van der Waals surface area contributed by atoms with Crippen molar-refractivity contribution in [1.82, 2.24) is 15.3 Å². The van der Waals surface area contributed by atoms with Crippen LogP contribution in [0.5, 0.6) is 5.75 Å². The largest absolute Gasteiger partial charge is 0.508 e. The van der Waals surface area contributed by atoms with Gasteiger partial charge in [-0.1, -0.05) is 18.2 Å². The van der Waals surface area contributed by atoms with Crippen LogP contribution in [0.15, 0.2) is 30.5 Å². The first-order chi connectivity index (χ1) is 18.3. The van der Waals surface area contributed by atoms with E-state index in [4.69, 9.17) is 0 Å². The van der Waals surface area contributed by atoms with E-state index < -0.39 is 5.92 Å². The Bertz CT molecular complexity index is 1190. The number of para-hydroxylation sites is 1. The molecule has 0 amide bonds. The number of aromatic nitrogens is 2. The number of benzene rings is 1. The third-order valence-corrected chi connectivity index (χ3v) is 9.51. The molecule has 0 spiro atoms. The lowest BCUT2D eigenvalue weighted by Crippen LogP contribution is -2.61. The lowest BCUT2D eigenvalue weighted by molar-refractivity contribution is -0.0799. The number of hydrogen-bond donors (Lipinski definition) is 4. The molecule has 0 aliphatic heterocycles. The number of anilines is 2. The zero-order chi connectivity index (χ0) is 26.3. The molecule has 7 nitrogen and oxygen atoms in total. The van der Waals surface area contributed by atoms with Crippen molar-refractivity contribution >= 4 is 11.8 Å². The summed E-state index contributed by atoms with van der Waals surface area (Å²) in [5.74, 6) is 0.560. The van der Waals surface area contributed by atoms with Crippen molar-refractivity contribution in [2.75, 3.05) is 17.2 Å². The smallest absolute Gasteiger partial charge is 0.248 e. The Labute approximate surface area is 222 Å². The van der Waals surface area contributed by atoms with Gasteiger partial charge in [0.25, 0.3) is 0 Å². The van der Waals surface area contributed by atoms with Crippen molar-refractivity contribution in [3.05, 3.63) is 41.6 Å². The van der Waals surface area contributed by atoms with Crippen LogP contribution in [0.4, 0.5) is 20.5 Å². The predicted octanol–water partition coefficient (Wildman–Crippen LogP) is 5.44. The molecule has 5 fully saturated rings. The van der Waals surface area contributed by atoms with Gasteiger partial charge in [-0.15, -0.1) is 0 Å². The number of hydrogen-bond acceptors (Lipinski definition) is 7. The highest BCUT2D eigenvalue weighted by molar-refractivity contribution is 5.53. The Morgan fingerprint density at radius 2 is 1.79 bits per heavy atom. The van der Waals surface area contributed by atoms with Crippen LogP contribution in [-0.2, 0) is 6.54 Å². The van der Waals surface area contributed by atoms with Gasteiger partial charge in [0.15, 0.2) is 0 Å². The van der Waals surface area contributed by atoms with Crippen LogP contribution in [0.1, 0.15) is 68.9 Å². The average molecular weight is 523 g/mol. The second kappa shape index (κ2) is 9.96. The molecule has 0 radical (unpaired) electrons. The topological polar surface area (TPSA) is 106 Å². The first-order valence-electron chi connectivity index (χ1n) is 14.0. The molecular weight excluding hydrogens is 486 g/mol. The molecule has 4 bridgehead atoms. The van der Waals surface area contributed by atoms with E-state index in [1.165, 1.54) is 25.5 Å². The van der Waals surface area contributed by atoms with E-state index in [1.54, 1.807) is 12.1 Å². The number of halogens is 2. The van der Waals surface area contributed by atoms with Gasteiger partial charge in [-0.3, -0.25) is 0 Å². The molecule has 1 aromatic heterocycles. The minimum atomic E-state index is -2.49. The van der Waals surface area contributed by atoms with Crippen molar-refractivity contribution < 1.29 is 13.9 Å². The second-order valence-electron chi connectivity index (χ2n) is 12.2. The van der Waals surface area contributed by atoms with E-state index in [1.807, 2.05) is 12.1 Å². The quantitative estimate of drug-likeness (QED) is 0.366. The maximum atomic E-state index is 13.7. The number of nitriles is 1. The summed E-state index contributed by atoms with van der Waals surface area (Å²) >= 11 is 0. The van der Waals surface area contributed by atoms with Gasteiger partial charge >= 0.3 is 0 Å². The molecule has 2 aromatic rings. The standard InChI is InChI=1S/C29H36F2N6O/c30-29(31)7-5-23(6-8-29)36-25-20-9-18-10-21(25)13-28(11-18,12-20)17-35-26-22(14-32)16-34-27(37-26)33-15-19-3-1-2-4-24(19)38/h1-4,16,18,20-21,23,25,36,38H,5-13,15,17H2,(H2,33,34,35,37)/t18?,20-,21+,25-,28?. The molecule has 5 aliphatic carbocycles. The van der Waals surface area contributed by atoms with Crippen LogP contribution in [0.2, 0.25) is 0 Å². The Hall–Kier alpha value is -2.99. The van der Waals surface area contributed by atoms with Crippen LogP contribution < -0.4 is 16.0 Å². The number of nitrogens with one attached hydrogen (secondary N) is 3. The molecule has 1 aromatic carbocycles.